The molecule has 0 aliphatic rings. The largest absolute Gasteiger partial charge is 0.366 e. The predicted molar refractivity (Wildman–Crippen MR) is 115 cm³/mol. The highest BCUT2D eigenvalue weighted by Gasteiger charge is 2.17. The Labute approximate surface area is 172 Å². The minimum absolute atomic E-state index is 0.0360. The van der Waals surface area contributed by atoms with Crippen molar-refractivity contribution in [1.82, 2.24) is 9.55 Å². The van der Waals surface area contributed by atoms with Gasteiger partial charge < -0.3 is 11.1 Å². The first-order valence-corrected chi connectivity index (χ1v) is 10.2. The molecule has 2 aromatic carbocycles. The Morgan fingerprint density at radius 1 is 1.17 bits per heavy atom. The van der Waals surface area contributed by atoms with Crippen LogP contribution < -0.4 is 16.6 Å². The summed E-state index contributed by atoms with van der Waals surface area (Å²) in [5, 5.41) is 3.74. The van der Waals surface area contributed by atoms with Gasteiger partial charge in [-0.1, -0.05) is 43.0 Å². The van der Waals surface area contributed by atoms with Crippen molar-refractivity contribution in [1.29, 1.82) is 0 Å². The van der Waals surface area contributed by atoms with E-state index in [9.17, 15) is 14.4 Å². The number of anilines is 1. The smallest absolute Gasteiger partial charge is 0.262 e. The molecule has 0 spiro atoms. The standard InChI is InChI=1S/C21H22N4O3S/c1-3-13(2)25-20(28)15-9-5-7-11-17(15)24-21(25)29-12-18(26)23-16-10-6-4-8-14(16)19(22)27/h4-11,13H,3,12H2,1-2H3,(H2,22,27)(H,23,26)/t13-/m1/s1. The van der Waals surface area contributed by atoms with Gasteiger partial charge in [0.1, 0.15) is 0 Å². The molecule has 0 bridgehead atoms. The number of carbonyl (C=O) groups is 2. The highest BCUT2D eigenvalue weighted by atomic mass is 32.2. The molecule has 1 aromatic heterocycles. The fraction of sp³-hybridized carbons (Fsp3) is 0.238. The molecule has 3 rings (SSSR count). The van der Waals surface area contributed by atoms with Crippen LogP contribution >= 0.6 is 11.8 Å². The number of para-hydroxylation sites is 2. The van der Waals surface area contributed by atoms with Crippen molar-refractivity contribution in [3.63, 3.8) is 0 Å². The number of hydrogen-bond donors (Lipinski definition) is 2. The lowest BCUT2D eigenvalue weighted by Crippen LogP contribution is -2.27. The summed E-state index contributed by atoms with van der Waals surface area (Å²) >= 11 is 1.18. The van der Waals surface area contributed by atoms with E-state index in [0.717, 1.165) is 6.42 Å². The summed E-state index contributed by atoms with van der Waals surface area (Å²) < 4.78 is 1.64. The summed E-state index contributed by atoms with van der Waals surface area (Å²) in [6.07, 6.45) is 0.756. The van der Waals surface area contributed by atoms with Crippen LogP contribution in [0.1, 0.15) is 36.7 Å². The molecule has 2 amide bonds. The third-order valence-electron chi connectivity index (χ3n) is 4.61. The van der Waals surface area contributed by atoms with Crippen LogP contribution in [0.3, 0.4) is 0 Å². The molecule has 3 N–H and O–H groups in total. The molecule has 7 nitrogen and oxygen atoms in total. The number of rotatable bonds is 7. The zero-order valence-corrected chi connectivity index (χ0v) is 17.0. The third kappa shape index (κ3) is 4.48. The van der Waals surface area contributed by atoms with Crippen LogP contribution in [-0.4, -0.2) is 27.1 Å². The van der Waals surface area contributed by atoms with Gasteiger partial charge in [0.2, 0.25) is 5.91 Å². The van der Waals surface area contributed by atoms with Crippen LogP contribution in [0.15, 0.2) is 58.5 Å². The van der Waals surface area contributed by atoms with Gasteiger partial charge >= 0.3 is 0 Å². The lowest BCUT2D eigenvalue weighted by atomic mass is 10.1. The lowest BCUT2D eigenvalue weighted by Gasteiger charge is -2.18. The maximum Gasteiger partial charge on any atom is 0.262 e. The van der Waals surface area contributed by atoms with Crippen molar-refractivity contribution in [2.24, 2.45) is 5.73 Å². The highest BCUT2D eigenvalue weighted by Crippen LogP contribution is 2.23. The molecular weight excluding hydrogens is 388 g/mol. The first-order valence-electron chi connectivity index (χ1n) is 9.25. The van der Waals surface area contributed by atoms with E-state index in [4.69, 9.17) is 5.73 Å². The van der Waals surface area contributed by atoms with Crippen LogP contribution in [0.2, 0.25) is 0 Å². The molecule has 0 aliphatic carbocycles. The number of nitrogens with zero attached hydrogens (tertiary/aromatic N) is 2. The molecule has 150 valence electrons. The van der Waals surface area contributed by atoms with Gasteiger partial charge in [-0.15, -0.1) is 0 Å². The second-order valence-corrected chi connectivity index (χ2v) is 7.53. The van der Waals surface area contributed by atoms with E-state index in [1.54, 1.807) is 41.0 Å². The topological polar surface area (TPSA) is 107 Å². The maximum atomic E-state index is 13.0. The van der Waals surface area contributed by atoms with E-state index < -0.39 is 5.91 Å². The maximum absolute atomic E-state index is 13.0. The van der Waals surface area contributed by atoms with E-state index in [1.807, 2.05) is 26.0 Å². The number of thioether (sulfide) groups is 1. The Morgan fingerprint density at radius 3 is 2.59 bits per heavy atom. The van der Waals surface area contributed by atoms with Crippen LogP contribution in [0.25, 0.3) is 10.9 Å². The average molecular weight is 410 g/mol. The molecule has 0 radical (unpaired) electrons. The number of nitrogens with two attached hydrogens (primary N) is 1. The van der Waals surface area contributed by atoms with E-state index >= 15 is 0 Å². The van der Waals surface area contributed by atoms with Gasteiger partial charge in [-0.3, -0.25) is 19.0 Å². The summed E-state index contributed by atoms with van der Waals surface area (Å²) in [6.45, 7) is 3.94. The Hall–Kier alpha value is -3.13. The van der Waals surface area contributed by atoms with Gasteiger partial charge in [0, 0.05) is 6.04 Å². The molecule has 8 heteroatoms. The van der Waals surface area contributed by atoms with Crippen molar-refractivity contribution in [2.75, 3.05) is 11.1 Å². The van der Waals surface area contributed by atoms with E-state index in [0.29, 0.717) is 21.7 Å². The number of aromatic nitrogens is 2. The van der Waals surface area contributed by atoms with Crippen LogP contribution in [-0.2, 0) is 4.79 Å². The third-order valence-corrected chi connectivity index (χ3v) is 5.56. The monoisotopic (exact) mass is 410 g/mol. The van der Waals surface area contributed by atoms with E-state index in [1.165, 1.54) is 11.8 Å². The van der Waals surface area contributed by atoms with Crippen LogP contribution in [0.5, 0.6) is 0 Å². The first kappa shape index (κ1) is 20.6. The Bertz CT molecular complexity index is 1130. The number of fused-ring (bicyclic) bond motifs is 1. The number of carbonyl (C=O) groups excluding carboxylic acids is 2. The normalized spacial score (nSPS) is 11.9. The predicted octanol–water partition coefficient (Wildman–Crippen LogP) is 3.20. The summed E-state index contributed by atoms with van der Waals surface area (Å²) in [4.78, 5) is 41.5. The summed E-state index contributed by atoms with van der Waals surface area (Å²) in [7, 11) is 0. The minimum atomic E-state index is -0.615. The van der Waals surface area contributed by atoms with Gasteiger partial charge in [-0.25, -0.2) is 4.98 Å². The zero-order chi connectivity index (χ0) is 21.0. The Balaban J connectivity index is 1.86. The second kappa shape index (κ2) is 8.91. The average Bonchev–Trinajstić information content (AvgIpc) is 2.72. The fourth-order valence-corrected chi connectivity index (χ4v) is 3.82. The number of hydrogen-bond acceptors (Lipinski definition) is 5. The molecule has 29 heavy (non-hydrogen) atoms. The number of benzene rings is 2. The lowest BCUT2D eigenvalue weighted by molar-refractivity contribution is -0.113. The van der Waals surface area contributed by atoms with Gasteiger partial charge in [0.15, 0.2) is 5.16 Å². The van der Waals surface area contributed by atoms with Crippen molar-refractivity contribution in [3.05, 3.63) is 64.4 Å². The van der Waals surface area contributed by atoms with Crippen LogP contribution in [0, 0.1) is 0 Å². The number of nitrogens with one attached hydrogen (secondary N) is 1. The molecular formula is C21H22N4O3S. The Morgan fingerprint density at radius 2 is 1.86 bits per heavy atom. The summed E-state index contributed by atoms with van der Waals surface area (Å²) in [5.74, 6) is -0.897. The van der Waals surface area contributed by atoms with Crippen molar-refractivity contribution >= 4 is 40.2 Å². The van der Waals surface area contributed by atoms with Crippen molar-refractivity contribution in [2.45, 2.75) is 31.5 Å². The molecule has 0 saturated heterocycles. The van der Waals surface area contributed by atoms with E-state index in [-0.39, 0.29) is 28.8 Å². The number of amides is 2. The Kier molecular flexibility index (Phi) is 6.33. The molecule has 0 saturated carbocycles. The van der Waals surface area contributed by atoms with Crippen molar-refractivity contribution in [3.8, 4) is 0 Å². The zero-order valence-electron chi connectivity index (χ0n) is 16.2. The molecule has 1 heterocycles. The summed E-state index contributed by atoms with van der Waals surface area (Å²) in [6, 6.07) is 13.7. The quantitative estimate of drug-likeness (QED) is 0.459. The second-order valence-electron chi connectivity index (χ2n) is 6.59. The SMILES string of the molecule is CC[C@@H](C)n1c(SCC(=O)Nc2ccccc2C(N)=O)nc2ccccc2c1=O. The van der Waals surface area contributed by atoms with Gasteiger partial charge in [0.25, 0.3) is 11.5 Å². The van der Waals surface area contributed by atoms with Crippen LogP contribution in [0.4, 0.5) is 5.69 Å². The fourth-order valence-electron chi connectivity index (χ4n) is 2.92. The minimum Gasteiger partial charge on any atom is -0.366 e. The molecule has 1 atom stereocenters. The van der Waals surface area contributed by atoms with E-state index in [2.05, 4.69) is 10.3 Å². The van der Waals surface area contributed by atoms with Crippen molar-refractivity contribution < 1.29 is 9.59 Å². The molecule has 0 fully saturated rings. The molecule has 0 unspecified atom stereocenters. The first-order chi connectivity index (χ1) is 13.9. The van der Waals surface area contributed by atoms with Gasteiger partial charge in [-0.05, 0) is 37.6 Å². The van der Waals surface area contributed by atoms with Gasteiger partial charge in [0.05, 0.1) is 27.9 Å². The number of primary amides is 1. The molecule has 3 aromatic rings. The highest BCUT2D eigenvalue weighted by molar-refractivity contribution is 7.99. The van der Waals surface area contributed by atoms with Gasteiger partial charge in [-0.2, -0.15) is 0 Å². The molecule has 0 aliphatic heterocycles. The summed E-state index contributed by atoms with van der Waals surface area (Å²) in [5.41, 5.74) is 6.43.